The fourth-order valence-corrected chi connectivity index (χ4v) is 2.21. The summed E-state index contributed by atoms with van der Waals surface area (Å²) in [7, 11) is 0. The number of benzene rings is 2. The van der Waals surface area contributed by atoms with Crippen LogP contribution in [0.15, 0.2) is 72.3 Å². The van der Waals surface area contributed by atoms with E-state index in [1.54, 1.807) is 60.7 Å². The van der Waals surface area contributed by atoms with Crippen molar-refractivity contribution >= 4 is 23.6 Å². The third-order valence-electron chi connectivity index (χ3n) is 3.38. The van der Waals surface area contributed by atoms with E-state index in [-0.39, 0.29) is 11.3 Å². The number of nitrogens with one attached hydrogen (secondary N) is 1. The van der Waals surface area contributed by atoms with Gasteiger partial charge in [-0.1, -0.05) is 48.6 Å². The van der Waals surface area contributed by atoms with E-state index in [0.29, 0.717) is 11.3 Å². The lowest BCUT2D eigenvalue weighted by Gasteiger charge is -2.13. The van der Waals surface area contributed by atoms with Crippen molar-refractivity contribution in [2.45, 2.75) is 0 Å². The highest BCUT2D eigenvalue weighted by Crippen LogP contribution is 2.20. The summed E-state index contributed by atoms with van der Waals surface area (Å²) in [6.45, 7) is 0. The molecule has 114 valence electrons. The molecule has 0 aliphatic carbocycles. The SMILES string of the molecule is O=C1NN(c2ccccc2)C(=O)/C1=C\C=C\c1ccccc1O. The minimum atomic E-state index is -0.458. The Hall–Kier alpha value is -3.34. The minimum absolute atomic E-state index is 0.0422. The lowest BCUT2D eigenvalue weighted by atomic mass is 10.1. The number of hydrazine groups is 1. The van der Waals surface area contributed by atoms with Crippen molar-refractivity contribution in [3.05, 3.63) is 77.9 Å². The number of nitrogens with zero attached hydrogens (tertiary/aromatic N) is 1. The number of phenols is 1. The monoisotopic (exact) mass is 306 g/mol. The van der Waals surface area contributed by atoms with E-state index in [0.717, 1.165) is 0 Å². The molecule has 2 aromatic carbocycles. The van der Waals surface area contributed by atoms with Crippen LogP contribution in [0, 0.1) is 0 Å². The summed E-state index contributed by atoms with van der Waals surface area (Å²) in [4.78, 5) is 24.3. The number of carbonyl (C=O) groups is 2. The standard InChI is InChI=1S/C18H14N2O3/c21-16-12-5-4-7-13(16)8-6-11-15-17(22)19-20(18(15)23)14-9-2-1-3-10-14/h1-12,21H,(H,19,22)/b8-6+,15-11-. The number of hydrogen-bond donors (Lipinski definition) is 2. The summed E-state index contributed by atoms with van der Waals surface area (Å²) in [5.74, 6) is -0.737. The van der Waals surface area contributed by atoms with Gasteiger partial charge in [0.2, 0.25) is 0 Å². The summed E-state index contributed by atoms with van der Waals surface area (Å²) >= 11 is 0. The van der Waals surface area contributed by atoms with Gasteiger partial charge in [-0.05, 0) is 24.3 Å². The third-order valence-corrected chi connectivity index (χ3v) is 3.38. The number of amides is 2. The van der Waals surface area contributed by atoms with Gasteiger partial charge in [0.05, 0.1) is 5.69 Å². The maximum absolute atomic E-state index is 12.3. The zero-order valence-electron chi connectivity index (χ0n) is 12.1. The molecule has 1 fully saturated rings. The maximum Gasteiger partial charge on any atom is 0.282 e. The average Bonchev–Trinajstić information content (AvgIpc) is 2.85. The van der Waals surface area contributed by atoms with Crippen LogP contribution in [-0.2, 0) is 9.59 Å². The number of phenolic OH excluding ortho intramolecular Hbond substituents is 1. The van der Waals surface area contributed by atoms with Gasteiger partial charge in [0, 0.05) is 5.56 Å². The van der Waals surface area contributed by atoms with Crippen LogP contribution in [0.2, 0.25) is 0 Å². The number of allylic oxidation sites excluding steroid dienone is 2. The Balaban J connectivity index is 1.82. The van der Waals surface area contributed by atoms with Crippen molar-refractivity contribution in [3.8, 4) is 5.75 Å². The second kappa shape index (κ2) is 6.19. The van der Waals surface area contributed by atoms with Crippen LogP contribution >= 0.6 is 0 Å². The second-order valence-corrected chi connectivity index (χ2v) is 4.92. The molecule has 0 unspecified atom stereocenters. The minimum Gasteiger partial charge on any atom is -0.507 e. The first-order valence-electron chi connectivity index (χ1n) is 7.03. The number of para-hydroxylation sites is 2. The molecule has 3 rings (SSSR count). The fraction of sp³-hybridized carbons (Fsp3) is 0. The summed E-state index contributed by atoms with van der Waals surface area (Å²) in [5.41, 5.74) is 3.77. The van der Waals surface area contributed by atoms with Crippen LogP contribution in [0.3, 0.4) is 0 Å². The Kier molecular flexibility index (Phi) is 3.93. The number of aromatic hydroxyl groups is 1. The topological polar surface area (TPSA) is 69.6 Å². The van der Waals surface area contributed by atoms with Crippen molar-refractivity contribution in [2.24, 2.45) is 0 Å². The summed E-state index contributed by atoms with van der Waals surface area (Å²) in [6, 6.07) is 15.7. The van der Waals surface area contributed by atoms with Crippen molar-refractivity contribution < 1.29 is 14.7 Å². The Morgan fingerprint density at radius 3 is 2.39 bits per heavy atom. The molecule has 1 aliphatic rings. The van der Waals surface area contributed by atoms with Crippen LogP contribution in [0.25, 0.3) is 6.08 Å². The molecule has 2 amide bonds. The van der Waals surface area contributed by atoms with Gasteiger partial charge in [-0.3, -0.25) is 15.0 Å². The van der Waals surface area contributed by atoms with Gasteiger partial charge in [0.15, 0.2) is 0 Å². The first-order chi connectivity index (χ1) is 11.2. The van der Waals surface area contributed by atoms with Gasteiger partial charge >= 0.3 is 0 Å². The number of hydrogen-bond acceptors (Lipinski definition) is 3. The van der Waals surface area contributed by atoms with Crippen molar-refractivity contribution in [3.63, 3.8) is 0 Å². The molecule has 0 atom stereocenters. The Labute approximate surface area is 133 Å². The molecule has 1 heterocycles. The maximum atomic E-state index is 12.3. The molecule has 23 heavy (non-hydrogen) atoms. The van der Waals surface area contributed by atoms with Crippen LogP contribution in [-0.4, -0.2) is 16.9 Å². The zero-order chi connectivity index (χ0) is 16.2. The normalized spacial score (nSPS) is 16.3. The van der Waals surface area contributed by atoms with Gasteiger partial charge in [-0.25, -0.2) is 5.01 Å². The van der Waals surface area contributed by atoms with Gasteiger partial charge in [-0.2, -0.15) is 0 Å². The number of carbonyl (C=O) groups excluding carboxylic acids is 2. The molecule has 5 nitrogen and oxygen atoms in total. The van der Waals surface area contributed by atoms with E-state index in [1.807, 2.05) is 6.07 Å². The summed E-state index contributed by atoms with van der Waals surface area (Å²) in [6.07, 6.45) is 4.64. The summed E-state index contributed by atoms with van der Waals surface area (Å²) < 4.78 is 0. The van der Waals surface area contributed by atoms with E-state index in [1.165, 1.54) is 11.1 Å². The molecule has 1 saturated heterocycles. The first kappa shape index (κ1) is 14.6. The predicted octanol–water partition coefficient (Wildman–Crippen LogP) is 2.41. The van der Waals surface area contributed by atoms with Crippen molar-refractivity contribution in [1.29, 1.82) is 0 Å². The van der Waals surface area contributed by atoms with Crippen LogP contribution in [0.5, 0.6) is 5.75 Å². The summed E-state index contributed by atoms with van der Waals surface area (Å²) in [5, 5.41) is 10.9. The van der Waals surface area contributed by atoms with Gasteiger partial charge in [0.25, 0.3) is 11.8 Å². The quantitative estimate of drug-likeness (QED) is 0.676. The van der Waals surface area contributed by atoms with E-state index in [4.69, 9.17) is 0 Å². The number of rotatable bonds is 3. The Bertz CT molecular complexity index is 810. The van der Waals surface area contributed by atoms with Crippen molar-refractivity contribution in [1.82, 2.24) is 5.43 Å². The molecule has 2 aromatic rings. The lowest BCUT2D eigenvalue weighted by molar-refractivity contribution is -0.117. The molecular formula is C18H14N2O3. The Morgan fingerprint density at radius 1 is 0.957 bits per heavy atom. The molecular weight excluding hydrogens is 292 g/mol. The first-order valence-corrected chi connectivity index (χ1v) is 7.03. The smallest absolute Gasteiger partial charge is 0.282 e. The molecule has 0 aromatic heterocycles. The van der Waals surface area contributed by atoms with Crippen LogP contribution in [0.4, 0.5) is 5.69 Å². The van der Waals surface area contributed by atoms with Crippen molar-refractivity contribution in [2.75, 3.05) is 5.01 Å². The third kappa shape index (κ3) is 2.98. The lowest BCUT2D eigenvalue weighted by Crippen LogP contribution is -2.35. The highest BCUT2D eigenvalue weighted by atomic mass is 16.3. The second-order valence-electron chi connectivity index (χ2n) is 4.92. The van der Waals surface area contributed by atoms with Gasteiger partial charge in [0.1, 0.15) is 11.3 Å². The largest absolute Gasteiger partial charge is 0.507 e. The zero-order valence-corrected chi connectivity index (χ0v) is 12.1. The molecule has 0 radical (unpaired) electrons. The number of anilines is 1. The van der Waals surface area contributed by atoms with Gasteiger partial charge < -0.3 is 5.11 Å². The molecule has 2 N–H and O–H groups in total. The van der Waals surface area contributed by atoms with E-state index >= 15 is 0 Å². The predicted molar refractivity (Wildman–Crippen MR) is 87.3 cm³/mol. The average molecular weight is 306 g/mol. The fourth-order valence-electron chi connectivity index (χ4n) is 2.21. The highest BCUT2D eigenvalue weighted by Gasteiger charge is 2.33. The highest BCUT2D eigenvalue weighted by molar-refractivity contribution is 6.29. The molecule has 1 aliphatic heterocycles. The molecule has 0 saturated carbocycles. The van der Waals surface area contributed by atoms with E-state index in [9.17, 15) is 14.7 Å². The molecule has 0 bridgehead atoms. The van der Waals surface area contributed by atoms with E-state index in [2.05, 4.69) is 5.43 Å². The van der Waals surface area contributed by atoms with Crippen LogP contribution in [0.1, 0.15) is 5.56 Å². The van der Waals surface area contributed by atoms with E-state index < -0.39 is 11.8 Å². The molecule has 0 spiro atoms. The van der Waals surface area contributed by atoms with Gasteiger partial charge in [-0.15, -0.1) is 0 Å². The molecule has 5 heteroatoms. The Morgan fingerprint density at radius 2 is 1.65 bits per heavy atom. The van der Waals surface area contributed by atoms with Crippen LogP contribution < -0.4 is 10.4 Å².